The predicted octanol–water partition coefficient (Wildman–Crippen LogP) is 3.96. The number of para-hydroxylation sites is 1. The fraction of sp³-hybridized carbons (Fsp3) is 0.130. The van der Waals surface area contributed by atoms with E-state index in [1.807, 2.05) is 38.1 Å². The SMILES string of the molecule is CCOc1ccccc1/C=N\NC(=O)c1ccc(NS(=O)(=O)c2ccc(C)cc2)cc1. The van der Waals surface area contributed by atoms with Crippen molar-refractivity contribution in [2.45, 2.75) is 18.7 Å². The van der Waals surface area contributed by atoms with Crippen LogP contribution in [0.15, 0.2) is 82.8 Å². The molecule has 0 aliphatic carbocycles. The molecule has 0 aromatic heterocycles. The molecule has 3 aromatic carbocycles. The normalized spacial score (nSPS) is 11.3. The van der Waals surface area contributed by atoms with Gasteiger partial charge in [0.1, 0.15) is 5.75 Å². The monoisotopic (exact) mass is 437 g/mol. The van der Waals surface area contributed by atoms with E-state index < -0.39 is 15.9 Å². The van der Waals surface area contributed by atoms with E-state index in [1.165, 1.54) is 30.5 Å². The van der Waals surface area contributed by atoms with E-state index in [0.29, 0.717) is 23.6 Å². The molecule has 0 unspecified atom stereocenters. The molecule has 0 bridgehead atoms. The quantitative estimate of drug-likeness (QED) is 0.412. The van der Waals surface area contributed by atoms with Gasteiger partial charge >= 0.3 is 0 Å². The van der Waals surface area contributed by atoms with Crippen molar-refractivity contribution < 1.29 is 17.9 Å². The second-order valence-corrected chi connectivity index (χ2v) is 8.35. The minimum atomic E-state index is -3.70. The number of rotatable bonds is 8. The topological polar surface area (TPSA) is 96.9 Å². The van der Waals surface area contributed by atoms with E-state index in [-0.39, 0.29) is 4.90 Å². The summed E-state index contributed by atoms with van der Waals surface area (Å²) in [6.45, 7) is 4.30. The van der Waals surface area contributed by atoms with Crippen molar-refractivity contribution in [2.75, 3.05) is 11.3 Å². The Balaban J connectivity index is 1.63. The van der Waals surface area contributed by atoms with Crippen molar-refractivity contribution in [3.63, 3.8) is 0 Å². The van der Waals surface area contributed by atoms with Crippen molar-refractivity contribution in [3.05, 3.63) is 89.5 Å². The Morgan fingerprint density at radius 1 is 1.00 bits per heavy atom. The third-order valence-corrected chi connectivity index (χ3v) is 5.72. The maximum Gasteiger partial charge on any atom is 0.271 e. The Morgan fingerprint density at radius 3 is 2.35 bits per heavy atom. The summed E-state index contributed by atoms with van der Waals surface area (Å²) in [4.78, 5) is 12.5. The molecule has 0 fully saturated rings. The van der Waals surface area contributed by atoms with Gasteiger partial charge in [-0.3, -0.25) is 9.52 Å². The number of aryl methyl sites for hydroxylation is 1. The van der Waals surface area contributed by atoms with Gasteiger partial charge in [-0.15, -0.1) is 0 Å². The average Bonchev–Trinajstić information content (AvgIpc) is 2.75. The number of nitrogens with one attached hydrogen (secondary N) is 2. The fourth-order valence-electron chi connectivity index (χ4n) is 2.72. The summed E-state index contributed by atoms with van der Waals surface area (Å²) in [6, 6.07) is 20.0. The number of amides is 1. The molecular weight excluding hydrogens is 414 g/mol. The van der Waals surface area contributed by atoms with Crippen molar-refractivity contribution >= 4 is 27.8 Å². The number of sulfonamides is 1. The minimum Gasteiger partial charge on any atom is -0.493 e. The number of nitrogens with zero attached hydrogens (tertiary/aromatic N) is 1. The summed E-state index contributed by atoms with van der Waals surface area (Å²) in [5, 5.41) is 3.97. The predicted molar refractivity (Wildman–Crippen MR) is 121 cm³/mol. The number of hydrogen-bond donors (Lipinski definition) is 2. The third-order valence-electron chi connectivity index (χ3n) is 4.32. The third kappa shape index (κ3) is 5.93. The number of ether oxygens (including phenoxy) is 1. The average molecular weight is 438 g/mol. The molecule has 3 rings (SSSR count). The minimum absolute atomic E-state index is 0.168. The lowest BCUT2D eigenvalue weighted by Gasteiger charge is -2.09. The molecule has 3 aromatic rings. The first-order valence-electron chi connectivity index (χ1n) is 9.64. The first-order valence-corrected chi connectivity index (χ1v) is 11.1. The van der Waals surface area contributed by atoms with Gasteiger partial charge in [-0.25, -0.2) is 13.8 Å². The van der Waals surface area contributed by atoms with Crippen molar-refractivity contribution in [1.82, 2.24) is 5.43 Å². The second kappa shape index (κ2) is 9.90. The summed E-state index contributed by atoms with van der Waals surface area (Å²) in [5.41, 5.74) is 4.86. The second-order valence-electron chi connectivity index (χ2n) is 6.67. The molecule has 0 radical (unpaired) electrons. The number of hydrogen-bond acceptors (Lipinski definition) is 5. The van der Waals surface area contributed by atoms with E-state index in [0.717, 1.165) is 11.1 Å². The molecule has 0 saturated heterocycles. The maximum atomic E-state index is 12.5. The number of benzene rings is 3. The summed E-state index contributed by atoms with van der Waals surface area (Å²) < 4.78 is 32.9. The van der Waals surface area contributed by atoms with Crippen LogP contribution in [0.2, 0.25) is 0 Å². The van der Waals surface area contributed by atoms with Gasteiger partial charge < -0.3 is 4.74 Å². The highest BCUT2D eigenvalue weighted by atomic mass is 32.2. The molecule has 0 saturated carbocycles. The molecule has 31 heavy (non-hydrogen) atoms. The smallest absolute Gasteiger partial charge is 0.271 e. The lowest BCUT2D eigenvalue weighted by Crippen LogP contribution is -2.18. The molecule has 2 N–H and O–H groups in total. The Bertz CT molecular complexity index is 1170. The zero-order valence-corrected chi connectivity index (χ0v) is 18.0. The molecule has 0 atom stereocenters. The van der Waals surface area contributed by atoms with Crippen LogP contribution in [0.25, 0.3) is 0 Å². The van der Waals surface area contributed by atoms with Gasteiger partial charge in [-0.1, -0.05) is 29.8 Å². The van der Waals surface area contributed by atoms with Gasteiger partial charge in [0.2, 0.25) is 0 Å². The standard InChI is InChI=1S/C23H23N3O4S/c1-3-30-22-7-5-4-6-19(22)16-24-25-23(27)18-10-12-20(13-11-18)26-31(28,29)21-14-8-17(2)9-15-21/h4-16,26H,3H2,1-2H3,(H,25,27)/b24-16-. The van der Waals surface area contributed by atoms with Crippen LogP contribution in [-0.2, 0) is 10.0 Å². The molecule has 160 valence electrons. The highest BCUT2D eigenvalue weighted by Gasteiger charge is 2.14. The Kier molecular flexibility index (Phi) is 7.04. The molecular formula is C23H23N3O4S. The lowest BCUT2D eigenvalue weighted by atomic mass is 10.2. The number of carbonyl (C=O) groups is 1. The molecule has 7 nitrogen and oxygen atoms in total. The fourth-order valence-corrected chi connectivity index (χ4v) is 3.78. The van der Waals surface area contributed by atoms with Gasteiger partial charge in [0, 0.05) is 16.8 Å². The molecule has 1 amide bonds. The number of hydrazone groups is 1. The van der Waals surface area contributed by atoms with Gasteiger partial charge in [-0.05, 0) is 62.4 Å². The van der Waals surface area contributed by atoms with E-state index in [1.54, 1.807) is 24.3 Å². The van der Waals surface area contributed by atoms with E-state index in [9.17, 15) is 13.2 Å². The number of anilines is 1. The van der Waals surface area contributed by atoms with Crippen molar-refractivity contribution in [1.29, 1.82) is 0 Å². The van der Waals surface area contributed by atoms with E-state index in [4.69, 9.17) is 4.74 Å². The Labute approximate surface area is 181 Å². The van der Waals surface area contributed by atoms with Crippen LogP contribution in [-0.4, -0.2) is 27.1 Å². The van der Waals surface area contributed by atoms with Gasteiger partial charge in [0.25, 0.3) is 15.9 Å². The van der Waals surface area contributed by atoms with Crippen LogP contribution in [0.5, 0.6) is 5.75 Å². The Hall–Kier alpha value is -3.65. The van der Waals surface area contributed by atoms with E-state index >= 15 is 0 Å². The zero-order chi connectivity index (χ0) is 22.3. The number of carbonyl (C=O) groups excluding carboxylic acids is 1. The largest absolute Gasteiger partial charge is 0.493 e. The molecule has 0 aliphatic heterocycles. The highest BCUT2D eigenvalue weighted by molar-refractivity contribution is 7.92. The first kappa shape index (κ1) is 22.0. The van der Waals surface area contributed by atoms with Crippen LogP contribution >= 0.6 is 0 Å². The van der Waals surface area contributed by atoms with Crippen molar-refractivity contribution in [2.24, 2.45) is 5.10 Å². The van der Waals surface area contributed by atoms with Crippen LogP contribution in [0.4, 0.5) is 5.69 Å². The molecule has 0 aliphatic rings. The molecule has 0 spiro atoms. The first-order chi connectivity index (χ1) is 14.9. The summed E-state index contributed by atoms with van der Waals surface area (Å²) in [5.74, 6) is 0.256. The summed E-state index contributed by atoms with van der Waals surface area (Å²) >= 11 is 0. The van der Waals surface area contributed by atoms with Crippen LogP contribution in [0.3, 0.4) is 0 Å². The van der Waals surface area contributed by atoms with Gasteiger partial charge in [0.05, 0.1) is 17.7 Å². The summed E-state index contributed by atoms with van der Waals surface area (Å²) in [7, 11) is -3.70. The maximum absolute atomic E-state index is 12.5. The lowest BCUT2D eigenvalue weighted by molar-refractivity contribution is 0.0955. The van der Waals surface area contributed by atoms with E-state index in [2.05, 4.69) is 15.2 Å². The molecule has 0 heterocycles. The van der Waals surface area contributed by atoms with Crippen LogP contribution in [0.1, 0.15) is 28.4 Å². The van der Waals surface area contributed by atoms with Crippen LogP contribution < -0.4 is 14.9 Å². The van der Waals surface area contributed by atoms with Crippen molar-refractivity contribution in [3.8, 4) is 5.75 Å². The molecule has 8 heteroatoms. The highest BCUT2D eigenvalue weighted by Crippen LogP contribution is 2.18. The van der Waals surface area contributed by atoms with Gasteiger partial charge in [-0.2, -0.15) is 5.10 Å². The van der Waals surface area contributed by atoms with Crippen LogP contribution in [0, 0.1) is 6.92 Å². The summed E-state index contributed by atoms with van der Waals surface area (Å²) in [6.07, 6.45) is 1.51. The van der Waals surface area contributed by atoms with Gasteiger partial charge in [0.15, 0.2) is 0 Å². The zero-order valence-electron chi connectivity index (χ0n) is 17.2. The Morgan fingerprint density at radius 2 is 1.68 bits per heavy atom.